The van der Waals surface area contributed by atoms with Crippen molar-refractivity contribution in [2.24, 2.45) is 0 Å². The lowest BCUT2D eigenvalue weighted by molar-refractivity contribution is -0.120. The number of carbonyl (C=O) groups excluding carboxylic acids is 1. The maximum absolute atomic E-state index is 13.6. The van der Waals surface area contributed by atoms with Crippen LogP contribution < -0.4 is 4.90 Å². The fourth-order valence-corrected chi connectivity index (χ4v) is 5.83. The number of amides is 1. The standard InChI is InChI=1S/C31H32N4O2/c1-34(2)20-22-10-8-21(9-11-22)12-15-27-24-14-13-23(18-28(24)33-32-27)26-19-31(26)25-6-4-5-7-29(25)35(30(31)36)16-17-37-3/h4-15,18,26H,16-17,19-20H2,1-3H3,(H,32,33)/b15-12+/t26-,31?/m0/s1. The van der Waals surface area contributed by atoms with E-state index in [2.05, 4.69) is 95.9 Å². The molecule has 1 spiro atoms. The number of benzene rings is 3. The van der Waals surface area contributed by atoms with Crippen LogP contribution in [0.25, 0.3) is 23.1 Å². The van der Waals surface area contributed by atoms with E-state index in [1.807, 2.05) is 17.0 Å². The summed E-state index contributed by atoms with van der Waals surface area (Å²) in [6, 6.07) is 23.3. The Morgan fingerprint density at radius 1 is 1.11 bits per heavy atom. The highest BCUT2D eigenvalue weighted by Gasteiger charge is 2.67. The minimum absolute atomic E-state index is 0.168. The highest BCUT2D eigenvalue weighted by Crippen LogP contribution is 2.66. The molecule has 2 aliphatic rings. The molecule has 3 aromatic carbocycles. The lowest BCUT2D eigenvalue weighted by Gasteiger charge is -2.17. The predicted molar refractivity (Wildman–Crippen MR) is 149 cm³/mol. The van der Waals surface area contributed by atoms with Crippen molar-refractivity contribution in [2.75, 3.05) is 39.3 Å². The summed E-state index contributed by atoms with van der Waals surface area (Å²) in [6.45, 7) is 2.03. The van der Waals surface area contributed by atoms with Gasteiger partial charge in [0.25, 0.3) is 0 Å². The summed E-state index contributed by atoms with van der Waals surface area (Å²) in [6.07, 6.45) is 4.99. The van der Waals surface area contributed by atoms with Crippen molar-refractivity contribution in [3.05, 3.63) is 94.7 Å². The van der Waals surface area contributed by atoms with Crippen molar-refractivity contribution in [3.8, 4) is 0 Å². The zero-order valence-corrected chi connectivity index (χ0v) is 21.6. The Hall–Kier alpha value is -3.74. The second-order valence-electron chi connectivity index (χ2n) is 10.4. The van der Waals surface area contributed by atoms with E-state index in [-0.39, 0.29) is 11.8 Å². The first-order valence-corrected chi connectivity index (χ1v) is 12.8. The van der Waals surface area contributed by atoms with Gasteiger partial charge < -0.3 is 14.5 Å². The predicted octanol–water partition coefficient (Wildman–Crippen LogP) is 5.21. The van der Waals surface area contributed by atoms with Gasteiger partial charge in [-0.15, -0.1) is 0 Å². The van der Waals surface area contributed by atoms with E-state index >= 15 is 0 Å². The SMILES string of the molecule is COCCN1C(=O)C2(C[C@H]2c2ccc3c(/C=C/c4ccc(CN(C)C)cc4)n[nH]c3c2)c2ccccc21. The molecular formula is C31H32N4O2. The molecule has 1 amide bonds. The summed E-state index contributed by atoms with van der Waals surface area (Å²) < 4.78 is 5.27. The van der Waals surface area contributed by atoms with E-state index in [0.717, 1.165) is 46.4 Å². The van der Waals surface area contributed by atoms with E-state index in [0.29, 0.717) is 13.2 Å². The Kier molecular flexibility index (Phi) is 5.94. The number of aromatic nitrogens is 2. The van der Waals surface area contributed by atoms with Crippen LogP contribution in [0.3, 0.4) is 0 Å². The lowest BCUT2D eigenvalue weighted by Crippen LogP contribution is -2.35. The molecule has 37 heavy (non-hydrogen) atoms. The number of aromatic amines is 1. The van der Waals surface area contributed by atoms with Gasteiger partial charge in [-0.05, 0) is 61.0 Å². The highest BCUT2D eigenvalue weighted by atomic mass is 16.5. The minimum atomic E-state index is -0.459. The van der Waals surface area contributed by atoms with Gasteiger partial charge in [0.1, 0.15) is 0 Å². The van der Waals surface area contributed by atoms with Gasteiger partial charge in [0.15, 0.2) is 0 Å². The molecule has 6 heteroatoms. The van der Waals surface area contributed by atoms with Crippen molar-refractivity contribution in [2.45, 2.75) is 24.3 Å². The van der Waals surface area contributed by atoms with E-state index in [1.54, 1.807) is 7.11 Å². The maximum atomic E-state index is 13.6. The number of nitrogens with zero attached hydrogens (tertiary/aromatic N) is 3. The van der Waals surface area contributed by atoms with Crippen LogP contribution in [-0.2, 0) is 21.5 Å². The molecule has 0 radical (unpaired) electrons. The molecular weight excluding hydrogens is 460 g/mol. The van der Waals surface area contributed by atoms with Crippen LogP contribution in [0.2, 0.25) is 0 Å². The molecule has 1 aromatic heterocycles. The van der Waals surface area contributed by atoms with Crippen molar-refractivity contribution in [1.82, 2.24) is 15.1 Å². The van der Waals surface area contributed by atoms with Crippen molar-refractivity contribution in [3.63, 3.8) is 0 Å². The topological polar surface area (TPSA) is 61.5 Å². The van der Waals surface area contributed by atoms with E-state index in [1.165, 1.54) is 11.1 Å². The molecule has 188 valence electrons. The fraction of sp³-hybridized carbons (Fsp3) is 0.290. The first-order valence-electron chi connectivity index (χ1n) is 12.8. The molecule has 0 bridgehead atoms. The summed E-state index contributed by atoms with van der Waals surface area (Å²) >= 11 is 0. The molecule has 1 aliphatic carbocycles. The third-order valence-corrected chi connectivity index (χ3v) is 7.71. The average molecular weight is 493 g/mol. The number of hydrogen-bond donors (Lipinski definition) is 1. The Labute approximate surface area is 217 Å². The van der Waals surface area contributed by atoms with Crippen LogP contribution in [0, 0.1) is 0 Å². The number of nitrogens with one attached hydrogen (secondary N) is 1. The number of anilines is 1. The van der Waals surface area contributed by atoms with Crippen LogP contribution >= 0.6 is 0 Å². The molecule has 1 saturated carbocycles. The Balaban J connectivity index is 1.24. The third-order valence-electron chi connectivity index (χ3n) is 7.71. The maximum Gasteiger partial charge on any atom is 0.238 e. The molecule has 1 unspecified atom stereocenters. The van der Waals surface area contributed by atoms with Gasteiger partial charge in [-0.3, -0.25) is 9.89 Å². The fourth-order valence-electron chi connectivity index (χ4n) is 5.83. The van der Waals surface area contributed by atoms with E-state index in [4.69, 9.17) is 4.74 Å². The van der Waals surface area contributed by atoms with Crippen LogP contribution in [0.4, 0.5) is 5.69 Å². The number of methoxy groups -OCH3 is 1. The Morgan fingerprint density at radius 2 is 1.92 bits per heavy atom. The zero-order chi connectivity index (χ0) is 25.6. The van der Waals surface area contributed by atoms with Gasteiger partial charge in [-0.2, -0.15) is 5.10 Å². The molecule has 1 fully saturated rings. The molecule has 0 saturated heterocycles. The van der Waals surface area contributed by atoms with Gasteiger partial charge in [0.05, 0.1) is 23.2 Å². The third kappa shape index (κ3) is 4.06. The monoisotopic (exact) mass is 492 g/mol. The number of fused-ring (bicyclic) bond motifs is 3. The van der Waals surface area contributed by atoms with Crippen LogP contribution in [0.1, 0.15) is 40.3 Å². The number of ether oxygens (including phenoxy) is 1. The van der Waals surface area contributed by atoms with Crippen molar-refractivity contribution < 1.29 is 9.53 Å². The van der Waals surface area contributed by atoms with Crippen LogP contribution in [0.5, 0.6) is 0 Å². The summed E-state index contributed by atoms with van der Waals surface area (Å²) in [4.78, 5) is 17.7. The largest absolute Gasteiger partial charge is 0.383 e. The van der Waals surface area contributed by atoms with Gasteiger partial charge in [0.2, 0.25) is 5.91 Å². The second-order valence-corrected chi connectivity index (χ2v) is 10.4. The molecule has 4 aromatic rings. The quantitative estimate of drug-likeness (QED) is 0.367. The molecule has 6 rings (SSSR count). The summed E-state index contributed by atoms with van der Waals surface area (Å²) in [5.41, 5.74) is 7.24. The molecule has 1 aliphatic heterocycles. The van der Waals surface area contributed by atoms with Crippen molar-refractivity contribution in [1.29, 1.82) is 0 Å². The van der Waals surface area contributed by atoms with Gasteiger partial charge in [-0.1, -0.05) is 60.7 Å². The van der Waals surface area contributed by atoms with Crippen LogP contribution in [-0.4, -0.2) is 55.4 Å². The Bertz CT molecular complexity index is 1490. The lowest BCUT2D eigenvalue weighted by atomic mass is 9.92. The number of carbonyl (C=O) groups is 1. The zero-order valence-electron chi connectivity index (χ0n) is 21.6. The Morgan fingerprint density at radius 3 is 2.70 bits per heavy atom. The molecule has 6 nitrogen and oxygen atoms in total. The molecule has 2 heterocycles. The van der Waals surface area contributed by atoms with Gasteiger partial charge in [-0.25, -0.2) is 0 Å². The number of rotatable bonds is 8. The van der Waals surface area contributed by atoms with Gasteiger partial charge >= 0.3 is 0 Å². The molecule has 2 atom stereocenters. The molecule has 1 N–H and O–H groups in total. The first kappa shape index (κ1) is 23.6. The van der Waals surface area contributed by atoms with E-state index in [9.17, 15) is 4.79 Å². The van der Waals surface area contributed by atoms with Crippen LogP contribution in [0.15, 0.2) is 66.7 Å². The van der Waals surface area contributed by atoms with Crippen molar-refractivity contribution >= 4 is 34.6 Å². The second kappa shape index (κ2) is 9.29. The van der Waals surface area contributed by atoms with Gasteiger partial charge in [0, 0.05) is 37.2 Å². The first-order chi connectivity index (χ1) is 18.0. The summed E-state index contributed by atoms with van der Waals surface area (Å²) in [5.74, 6) is 0.363. The number of hydrogen-bond acceptors (Lipinski definition) is 4. The number of para-hydroxylation sites is 1. The normalized spacial score (nSPS) is 20.6. The summed E-state index contributed by atoms with van der Waals surface area (Å²) in [7, 11) is 5.83. The smallest absolute Gasteiger partial charge is 0.238 e. The summed E-state index contributed by atoms with van der Waals surface area (Å²) in [5, 5.41) is 8.85. The minimum Gasteiger partial charge on any atom is -0.383 e. The highest BCUT2D eigenvalue weighted by molar-refractivity contribution is 6.11. The van der Waals surface area contributed by atoms with E-state index < -0.39 is 5.41 Å². The average Bonchev–Trinajstić information content (AvgIpc) is 3.47. The number of H-pyrrole nitrogens is 1.